The Morgan fingerprint density at radius 1 is 0.852 bits per heavy atom. The highest BCUT2D eigenvalue weighted by atomic mass is 16.2. The summed E-state index contributed by atoms with van der Waals surface area (Å²) in [7, 11) is 4.11. The Morgan fingerprint density at radius 3 is 1.89 bits per heavy atom. The Labute approximate surface area is 169 Å². The van der Waals surface area contributed by atoms with Crippen molar-refractivity contribution in [2.45, 2.75) is 110 Å². The molecule has 2 N–H and O–H groups in total. The van der Waals surface area contributed by atoms with E-state index in [0.717, 1.165) is 51.5 Å². The van der Waals surface area contributed by atoms with Gasteiger partial charge in [-0.25, -0.2) is 0 Å². The Hall–Kier alpha value is -0.610. The van der Waals surface area contributed by atoms with Gasteiger partial charge in [-0.15, -0.1) is 0 Å². The van der Waals surface area contributed by atoms with Crippen LogP contribution in [0.5, 0.6) is 0 Å². The average molecular weight is 385 g/mol. The number of hydrogen-bond acceptors (Lipinski definition) is 3. The van der Waals surface area contributed by atoms with Crippen LogP contribution in [0, 0.1) is 5.92 Å². The van der Waals surface area contributed by atoms with Crippen LogP contribution in [0.25, 0.3) is 0 Å². The number of aliphatic hydroxyl groups is 1. The highest BCUT2D eigenvalue weighted by Crippen LogP contribution is 2.15. The van der Waals surface area contributed by atoms with Gasteiger partial charge in [-0.2, -0.15) is 0 Å². The molecule has 0 aliphatic rings. The van der Waals surface area contributed by atoms with Crippen LogP contribution in [-0.4, -0.2) is 49.2 Å². The largest absolute Gasteiger partial charge is 0.396 e. The summed E-state index contributed by atoms with van der Waals surface area (Å²) < 4.78 is 0. The first-order valence-electron chi connectivity index (χ1n) is 11.6. The number of rotatable bonds is 19. The monoisotopic (exact) mass is 384 g/mol. The highest BCUT2D eigenvalue weighted by Gasteiger charge is 2.17. The maximum Gasteiger partial charge on any atom is 0.223 e. The second-order valence-electron chi connectivity index (χ2n) is 8.54. The number of carbonyl (C=O) groups is 1. The molecule has 2 unspecified atom stereocenters. The minimum absolute atomic E-state index is 0.0818. The van der Waals surface area contributed by atoms with Crippen LogP contribution in [0.15, 0.2) is 0 Å². The molecule has 0 bridgehead atoms. The molecule has 1 amide bonds. The zero-order valence-electron chi connectivity index (χ0n) is 18.8. The summed E-state index contributed by atoms with van der Waals surface area (Å²) in [5, 5.41) is 12.2. The van der Waals surface area contributed by atoms with Gasteiger partial charge in [-0.1, -0.05) is 78.1 Å². The molecule has 0 radical (unpaired) electrons. The molecule has 0 aliphatic heterocycles. The fraction of sp³-hybridized carbons (Fsp3) is 0.957. The van der Waals surface area contributed by atoms with Crippen molar-refractivity contribution in [1.82, 2.24) is 10.2 Å². The smallest absolute Gasteiger partial charge is 0.223 e. The maximum atomic E-state index is 12.5. The van der Waals surface area contributed by atoms with Gasteiger partial charge < -0.3 is 15.3 Å². The lowest BCUT2D eigenvalue weighted by Crippen LogP contribution is -2.39. The van der Waals surface area contributed by atoms with Crippen molar-refractivity contribution in [1.29, 1.82) is 0 Å². The van der Waals surface area contributed by atoms with Gasteiger partial charge in [0.05, 0.1) is 0 Å². The molecule has 0 aromatic heterocycles. The molecule has 4 nitrogen and oxygen atoms in total. The third-order valence-corrected chi connectivity index (χ3v) is 5.42. The molecule has 162 valence electrons. The predicted molar refractivity (Wildman–Crippen MR) is 117 cm³/mol. The topological polar surface area (TPSA) is 52.6 Å². The number of aliphatic hydroxyl groups excluding tert-OH is 1. The molecular formula is C23H48N2O2. The molecule has 2 atom stereocenters. The van der Waals surface area contributed by atoms with E-state index in [2.05, 4.69) is 31.2 Å². The fourth-order valence-corrected chi connectivity index (χ4v) is 3.42. The van der Waals surface area contributed by atoms with Crippen LogP contribution in [0.3, 0.4) is 0 Å². The summed E-state index contributed by atoms with van der Waals surface area (Å²) in [6, 6.07) is 0.323. The van der Waals surface area contributed by atoms with Gasteiger partial charge in [0, 0.05) is 18.6 Å². The van der Waals surface area contributed by atoms with Gasteiger partial charge in [-0.3, -0.25) is 4.79 Å². The van der Waals surface area contributed by atoms with E-state index in [-0.39, 0.29) is 11.8 Å². The molecule has 0 heterocycles. The zero-order valence-corrected chi connectivity index (χ0v) is 18.8. The van der Waals surface area contributed by atoms with E-state index in [9.17, 15) is 4.79 Å². The Balaban J connectivity index is 4.19. The van der Waals surface area contributed by atoms with Crippen molar-refractivity contribution >= 4 is 5.91 Å². The number of nitrogens with one attached hydrogen (secondary N) is 1. The first-order valence-corrected chi connectivity index (χ1v) is 11.6. The second-order valence-corrected chi connectivity index (χ2v) is 8.54. The minimum atomic E-state index is 0.0818. The van der Waals surface area contributed by atoms with Crippen LogP contribution >= 0.6 is 0 Å². The molecule has 0 saturated heterocycles. The standard InChI is InChI=1S/C23H48N2O2/c1-5-6-7-8-9-10-13-16-22(17-14-11-12-15-20-26)24-23(27)21(2)18-19-25(3)4/h21-22,26H,5-20H2,1-4H3,(H,24,27). The second kappa shape index (κ2) is 18.7. The summed E-state index contributed by atoms with van der Waals surface area (Å²) >= 11 is 0. The highest BCUT2D eigenvalue weighted by molar-refractivity contribution is 5.78. The average Bonchev–Trinajstić information content (AvgIpc) is 2.64. The quantitative estimate of drug-likeness (QED) is 0.303. The fourth-order valence-electron chi connectivity index (χ4n) is 3.42. The third kappa shape index (κ3) is 17.2. The molecule has 27 heavy (non-hydrogen) atoms. The van der Waals surface area contributed by atoms with Crippen molar-refractivity contribution in [2.24, 2.45) is 5.92 Å². The van der Waals surface area contributed by atoms with Crippen LogP contribution in [0.2, 0.25) is 0 Å². The normalized spacial score (nSPS) is 13.7. The van der Waals surface area contributed by atoms with E-state index in [0.29, 0.717) is 12.6 Å². The van der Waals surface area contributed by atoms with Crippen molar-refractivity contribution < 1.29 is 9.90 Å². The first kappa shape index (κ1) is 26.4. The van der Waals surface area contributed by atoms with Crippen molar-refractivity contribution in [3.8, 4) is 0 Å². The van der Waals surface area contributed by atoms with Crippen LogP contribution in [0.4, 0.5) is 0 Å². The number of nitrogens with zero attached hydrogens (tertiary/aromatic N) is 1. The Kier molecular flexibility index (Phi) is 18.3. The maximum absolute atomic E-state index is 12.5. The summed E-state index contributed by atoms with van der Waals surface area (Å²) in [6.45, 7) is 5.55. The summed E-state index contributed by atoms with van der Waals surface area (Å²) in [5.41, 5.74) is 0. The van der Waals surface area contributed by atoms with Gasteiger partial charge in [0.15, 0.2) is 0 Å². The molecule has 0 rings (SSSR count). The number of hydrogen-bond donors (Lipinski definition) is 2. The molecule has 0 aromatic rings. The molecule has 4 heteroatoms. The van der Waals surface area contributed by atoms with E-state index in [4.69, 9.17) is 5.11 Å². The molecule has 0 spiro atoms. The molecule has 0 aromatic carbocycles. The molecular weight excluding hydrogens is 336 g/mol. The van der Waals surface area contributed by atoms with Crippen LogP contribution in [0.1, 0.15) is 104 Å². The van der Waals surface area contributed by atoms with Crippen molar-refractivity contribution in [2.75, 3.05) is 27.2 Å². The molecule has 0 fully saturated rings. The number of carbonyl (C=O) groups excluding carboxylic acids is 1. The lowest BCUT2D eigenvalue weighted by atomic mass is 9.99. The van der Waals surface area contributed by atoms with E-state index >= 15 is 0 Å². The lowest BCUT2D eigenvalue weighted by molar-refractivity contribution is -0.125. The third-order valence-electron chi connectivity index (χ3n) is 5.42. The number of amides is 1. The van der Waals surface area contributed by atoms with Crippen molar-refractivity contribution in [3.05, 3.63) is 0 Å². The Morgan fingerprint density at radius 2 is 1.37 bits per heavy atom. The van der Waals surface area contributed by atoms with Gasteiger partial charge in [-0.05, 0) is 46.3 Å². The number of unbranched alkanes of at least 4 members (excludes halogenated alkanes) is 9. The predicted octanol–water partition coefficient (Wildman–Crippen LogP) is 5.14. The van der Waals surface area contributed by atoms with Crippen LogP contribution < -0.4 is 5.32 Å². The lowest BCUT2D eigenvalue weighted by Gasteiger charge is -2.22. The molecule has 0 aliphatic carbocycles. The van der Waals surface area contributed by atoms with Gasteiger partial charge in [0.1, 0.15) is 0 Å². The van der Waals surface area contributed by atoms with E-state index in [1.165, 1.54) is 44.9 Å². The summed E-state index contributed by atoms with van der Waals surface area (Å²) in [6.07, 6.45) is 16.6. The zero-order chi connectivity index (χ0) is 20.3. The minimum Gasteiger partial charge on any atom is -0.396 e. The van der Waals surface area contributed by atoms with E-state index in [1.807, 2.05) is 6.92 Å². The van der Waals surface area contributed by atoms with Gasteiger partial charge in [0.25, 0.3) is 0 Å². The van der Waals surface area contributed by atoms with Gasteiger partial charge in [0.2, 0.25) is 5.91 Å². The van der Waals surface area contributed by atoms with E-state index in [1.54, 1.807) is 0 Å². The Bertz CT molecular complexity index is 334. The van der Waals surface area contributed by atoms with Crippen molar-refractivity contribution in [3.63, 3.8) is 0 Å². The first-order chi connectivity index (χ1) is 13.0. The summed E-state index contributed by atoms with van der Waals surface area (Å²) in [5.74, 6) is 0.304. The van der Waals surface area contributed by atoms with Crippen LogP contribution in [-0.2, 0) is 4.79 Å². The van der Waals surface area contributed by atoms with Gasteiger partial charge >= 0.3 is 0 Å². The summed E-state index contributed by atoms with van der Waals surface area (Å²) in [4.78, 5) is 14.7. The SMILES string of the molecule is CCCCCCCCCC(CCCCCCO)NC(=O)C(C)CCN(C)C. The van der Waals surface area contributed by atoms with E-state index < -0.39 is 0 Å². The molecule has 0 saturated carbocycles.